The van der Waals surface area contributed by atoms with Gasteiger partial charge < -0.3 is 4.90 Å². The Kier molecular flexibility index (Phi) is 5.83. The summed E-state index contributed by atoms with van der Waals surface area (Å²) in [7, 11) is 0. The molecule has 3 aromatic heterocycles. The van der Waals surface area contributed by atoms with Gasteiger partial charge in [0, 0.05) is 61.6 Å². The van der Waals surface area contributed by atoms with E-state index in [0.29, 0.717) is 0 Å². The number of hydrogen-bond acceptors (Lipinski definition) is 6. The number of hydrogen-bond donors (Lipinski definition) is 1. The number of aromatic nitrogens is 5. The summed E-state index contributed by atoms with van der Waals surface area (Å²) in [5, 5.41) is 7.57. The van der Waals surface area contributed by atoms with Crippen LogP contribution in [-0.4, -0.2) is 56.2 Å². The van der Waals surface area contributed by atoms with Crippen molar-refractivity contribution >= 4 is 5.82 Å². The van der Waals surface area contributed by atoms with Crippen LogP contribution in [-0.2, 0) is 0 Å². The fourth-order valence-electron chi connectivity index (χ4n) is 4.58. The van der Waals surface area contributed by atoms with Crippen molar-refractivity contribution in [1.82, 2.24) is 30.0 Å². The smallest absolute Gasteiger partial charge is 0.155 e. The highest BCUT2D eigenvalue weighted by Crippen LogP contribution is 2.33. The lowest BCUT2D eigenvalue weighted by atomic mass is 9.98. The Labute approximate surface area is 192 Å². The van der Waals surface area contributed by atoms with E-state index in [9.17, 15) is 4.39 Å². The fraction of sp³-hybridized carbons (Fsp3) is 0.280. The third kappa shape index (κ3) is 4.21. The second-order valence-electron chi connectivity index (χ2n) is 8.26. The Balaban J connectivity index is 1.41. The van der Waals surface area contributed by atoms with E-state index in [1.165, 1.54) is 17.7 Å². The molecule has 0 spiro atoms. The lowest BCUT2D eigenvalue weighted by Gasteiger charge is -2.40. The van der Waals surface area contributed by atoms with Gasteiger partial charge in [0.05, 0.1) is 17.4 Å². The van der Waals surface area contributed by atoms with E-state index < -0.39 is 0 Å². The molecule has 1 saturated heterocycles. The van der Waals surface area contributed by atoms with Gasteiger partial charge in [-0.2, -0.15) is 5.10 Å². The van der Waals surface area contributed by atoms with Crippen molar-refractivity contribution in [2.24, 2.45) is 0 Å². The Bertz CT molecular complexity index is 1200. The molecule has 1 N–H and O–H groups in total. The predicted molar refractivity (Wildman–Crippen MR) is 125 cm³/mol. The maximum absolute atomic E-state index is 13.4. The average molecular weight is 444 g/mol. The lowest BCUT2D eigenvalue weighted by molar-refractivity contribution is 0.208. The molecule has 8 heteroatoms. The molecule has 1 atom stereocenters. The molecule has 1 fully saturated rings. The molecule has 0 aliphatic carbocycles. The summed E-state index contributed by atoms with van der Waals surface area (Å²) in [6.45, 7) is 7.38. The Hall–Kier alpha value is -3.65. The number of nitrogens with one attached hydrogen (secondary N) is 1. The first kappa shape index (κ1) is 21.2. The quantitative estimate of drug-likeness (QED) is 0.504. The van der Waals surface area contributed by atoms with Crippen LogP contribution in [0.3, 0.4) is 0 Å². The van der Waals surface area contributed by atoms with Gasteiger partial charge in [-0.1, -0.05) is 6.07 Å². The Morgan fingerprint density at radius 1 is 0.879 bits per heavy atom. The molecule has 0 saturated carbocycles. The molecule has 4 heterocycles. The summed E-state index contributed by atoms with van der Waals surface area (Å²) in [6, 6.07) is 12.5. The first-order chi connectivity index (χ1) is 16.1. The number of aromatic amines is 1. The number of rotatable bonds is 5. The normalized spacial score (nSPS) is 15.5. The second-order valence-corrected chi connectivity index (χ2v) is 8.26. The number of H-pyrrole nitrogens is 1. The molecule has 1 unspecified atom stereocenters. The van der Waals surface area contributed by atoms with Gasteiger partial charge in [-0.25, -0.2) is 9.37 Å². The van der Waals surface area contributed by atoms with E-state index in [-0.39, 0.29) is 11.9 Å². The molecule has 1 aromatic carbocycles. The van der Waals surface area contributed by atoms with E-state index in [4.69, 9.17) is 0 Å². The molecule has 7 nitrogen and oxygen atoms in total. The fourth-order valence-corrected chi connectivity index (χ4v) is 4.58. The van der Waals surface area contributed by atoms with Crippen molar-refractivity contribution in [3.8, 4) is 11.3 Å². The molecule has 168 valence electrons. The van der Waals surface area contributed by atoms with Gasteiger partial charge in [0.2, 0.25) is 0 Å². The van der Waals surface area contributed by atoms with Crippen LogP contribution in [0.1, 0.15) is 28.7 Å². The van der Waals surface area contributed by atoms with Crippen molar-refractivity contribution in [2.45, 2.75) is 19.9 Å². The average Bonchev–Trinajstić information content (AvgIpc) is 3.19. The minimum Gasteiger partial charge on any atom is -0.352 e. The first-order valence-electron chi connectivity index (χ1n) is 11.1. The number of nitrogens with zero attached hydrogens (tertiary/aromatic N) is 6. The summed E-state index contributed by atoms with van der Waals surface area (Å²) in [6.07, 6.45) is 5.24. The van der Waals surface area contributed by atoms with Crippen molar-refractivity contribution < 1.29 is 4.39 Å². The van der Waals surface area contributed by atoms with Crippen LogP contribution < -0.4 is 4.90 Å². The topological polar surface area (TPSA) is 73.8 Å². The minimum absolute atomic E-state index is 0.0329. The molecular weight excluding hydrogens is 417 g/mol. The summed E-state index contributed by atoms with van der Waals surface area (Å²) >= 11 is 0. The molecule has 1 aliphatic heterocycles. The molecular formula is C25H26FN7. The lowest BCUT2D eigenvalue weighted by Crippen LogP contribution is -2.48. The minimum atomic E-state index is -0.261. The van der Waals surface area contributed by atoms with Crippen molar-refractivity contribution in [2.75, 3.05) is 31.1 Å². The second kappa shape index (κ2) is 9.07. The molecule has 33 heavy (non-hydrogen) atoms. The van der Waals surface area contributed by atoms with Crippen molar-refractivity contribution in [1.29, 1.82) is 0 Å². The van der Waals surface area contributed by atoms with E-state index in [2.05, 4.69) is 47.9 Å². The van der Waals surface area contributed by atoms with Crippen LogP contribution in [0.25, 0.3) is 11.3 Å². The summed E-state index contributed by atoms with van der Waals surface area (Å²) < 4.78 is 13.4. The standard InChI is InChI=1S/C25H26FN7/c1-17-22(18(2)31-30-17)24(21-5-3-4-10-27-21)32-13-15-33(16-14-32)25-23(28-11-12-29-25)19-6-8-20(26)9-7-19/h3-12,24H,13-16H2,1-2H3,(H,30,31). The number of halogens is 1. The largest absolute Gasteiger partial charge is 0.352 e. The van der Waals surface area contributed by atoms with Crippen LogP contribution in [0.4, 0.5) is 10.2 Å². The zero-order valence-electron chi connectivity index (χ0n) is 18.7. The van der Waals surface area contributed by atoms with Crippen LogP contribution in [0.5, 0.6) is 0 Å². The highest BCUT2D eigenvalue weighted by atomic mass is 19.1. The maximum atomic E-state index is 13.4. The van der Waals surface area contributed by atoms with E-state index in [1.807, 2.05) is 25.3 Å². The van der Waals surface area contributed by atoms with Crippen LogP contribution in [0, 0.1) is 19.7 Å². The Morgan fingerprint density at radius 3 is 2.30 bits per heavy atom. The first-order valence-corrected chi connectivity index (χ1v) is 11.1. The van der Waals surface area contributed by atoms with E-state index in [0.717, 1.165) is 60.3 Å². The van der Waals surface area contributed by atoms with Crippen molar-refractivity contribution in [3.05, 3.63) is 89.5 Å². The number of aryl methyl sites for hydroxylation is 2. The summed E-state index contributed by atoms with van der Waals surface area (Å²) in [5.41, 5.74) is 5.90. The third-order valence-electron chi connectivity index (χ3n) is 6.20. The number of benzene rings is 1. The van der Waals surface area contributed by atoms with Gasteiger partial charge in [-0.15, -0.1) is 0 Å². The highest BCUT2D eigenvalue weighted by Gasteiger charge is 2.31. The van der Waals surface area contributed by atoms with Gasteiger partial charge in [0.25, 0.3) is 0 Å². The molecule has 5 rings (SSSR count). The molecule has 4 aromatic rings. The van der Waals surface area contributed by atoms with Crippen LogP contribution >= 0.6 is 0 Å². The SMILES string of the molecule is Cc1n[nH]c(C)c1C(c1ccccn1)N1CCN(c2nccnc2-c2ccc(F)cc2)CC1. The molecule has 0 bridgehead atoms. The highest BCUT2D eigenvalue weighted by molar-refractivity contribution is 5.72. The predicted octanol–water partition coefficient (Wildman–Crippen LogP) is 3.93. The summed E-state index contributed by atoms with van der Waals surface area (Å²) in [5.74, 6) is 0.567. The third-order valence-corrected chi connectivity index (χ3v) is 6.20. The number of pyridine rings is 1. The van der Waals surface area contributed by atoms with Crippen molar-refractivity contribution in [3.63, 3.8) is 0 Å². The number of piperazine rings is 1. The molecule has 1 aliphatic rings. The number of anilines is 1. The van der Waals surface area contributed by atoms with E-state index in [1.54, 1.807) is 24.5 Å². The van der Waals surface area contributed by atoms with Crippen LogP contribution in [0.15, 0.2) is 61.1 Å². The van der Waals surface area contributed by atoms with Crippen LogP contribution in [0.2, 0.25) is 0 Å². The zero-order valence-corrected chi connectivity index (χ0v) is 18.7. The molecule has 0 radical (unpaired) electrons. The van der Waals surface area contributed by atoms with Gasteiger partial charge >= 0.3 is 0 Å². The summed E-state index contributed by atoms with van der Waals surface area (Å²) in [4.78, 5) is 18.6. The maximum Gasteiger partial charge on any atom is 0.155 e. The Morgan fingerprint density at radius 2 is 1.64 bits per heavy atom. The van der Waals surface area contributed by atoms with E-state index >= 15 is 0 Å². The van der Waals surface area contributed by atoms with Gasteiger partial charge in [-0.05, 0) is 50.2 Å². The molecule has 0 amide bonds. The van der Waals surface area contributed by atoms with Gasteiger partial charge in [0.15, 0.2) is 5.82 Å². The van der Waals surface area contributed by atoms with Gasteiger partial charge in [-0.3, -0.25) is 20.0 Å². The zero-order chi connectivity index (χ0) is 22.8. The monoisotopic (exact) mass is 443 g/mol. The van der Waals surface area contributed by atoms with Gasteiger partial charge in [0.1, 0.15) is 11.5 Å².